The standard InChI is InChI=1S/C16H20O4/c1-10-17-14(18-10)16(15-19-11(2)20-15)8-13(9-16)12-6-4-3-5-7-12/h3-7,10-11,13-15H,8-9H2,1-2H3. The van der Waals surface area contributed by atoms with Crippen LogP contribution in [-0.2, 0) is 18.9 Å². The molecule has 0 spiro atoms. The maximum atomic E-state index is 5.74. The summed E-state index contributed by atoms with van der Waals surface area (Å²) in [5.74, 6) is 0.544. The molecule has 2 saturated heterocycles. The van der Waals surface area contributed by atoms with Gasteiger partial charge in [0.25, 0.3) is 0 Å². The molecule has 0 bridgehead atoms. The third-order valence-electron chi connectivity index (χ3n) is 4.72. The lowest BCUT2D eigenvalue weighted by atomic mass is 9.58. The second kappa shape index (κ2) is 4.53. The molecule has 1 aromatic rings. The lowest BCUT2D eigenvalue weighted by Crippen LogP contribution is -2.66. The fraction of sp³-hybridized carbons (Fsp3) is 0.625. The van der Waals surface area contributed by atoms with Crippen molar-refractivity contribution in [1.29, 1.82) is 0 Å². The molecule has 2 aliphatic heterocycles. The van der Waals surface area contributed by atoms with E-state index < -0.39 is 0 Å². The van der Waals surface area contributed by atoms with Crippen LogP contribution in [0.15, 0.2) is 30.3 Å². The number of rotatable bonds is 3. The number of hydrogen-bond acceptors (Lipinski definition) is 4. The van der Waals surface area contributed by atoms with Crippen LogP contribution in [-0.4, -0.2) is 25.2 Å². The van der Waals surface area contributed by atoms with Crippen molar-refractivity contribution in [2.24, 2.45) is 5.41 Å². The van der Waals surface area contributed by atoms with Crippen LogP contribution in [0, 0.1) is 5.41 Å². The van der Waals surface area contributed by atoms with Gasteiger partial charge in [0.2, 0.25) is 0 Å². The van der Waals surface area contributed by atoms with Crippen molar-refractivity contribution in [2.45, 2.75) is 57.8 Å². The Balaban J connectivity index is 1.49. The molecule has 0 atom stereocenters. The van der Waals surface area contributed by atoms with E-state index in [2.05, 4.69) is 30.3 Å². The van der Waals surface area contributed by atoms with E-state index in [4.69, 9.17) is 18.9 Å². The van der Waals surface area contributed by atoms with E-state index in [9.17, 15) is 0 Å². The summed E-state index contributed by atoms with van der Waals surface area (Å²) in [6, 6.07) is 10.6. The Morgan fingerprint density at radius 3 is 1.80 bits per heavy atom. The average molecular weight is 276 g/mol. The highest BCUT2D eigenvalue weighted by atomic mass is 16.9. The summed E-state index contributed by atoms with van der Waals surface area (Å²) >= 11 is 0. The van der Waals surface area contributed by atoms with Gasteiger partial charge in [0, 0.05) is 0 Å². The zero-order chi connectivity index (χ0) is 13.7. The summed E-state index contributed by atoms with van der Waals surface area (Å²) in [6.07, 6.45) is 1.40. The van der Waals surface area contributed by atoms with E-state index in [1.807, 2.05) is 13.8 Å². The van der Waals surface area contributed by atoms with E-state index in [1.54, 1.807) is 0 Å². The van der Waals surface area contributed by atoms with Crippen LogP contribution in [0.25, 0.3) is 0 Å². The molecule has 1 aliphatic carbocycles. The summed E-state index contributed by atoms with van der Waals surface area (Å²) in [5.41, 5.74) is 1.24. The largest absolute Gasteiger partial charge is 0.323 e. The number of ether oxygens (including phenoxy) is 4. The van der Waals surface area contributed by atoms with Gasteiger partial charge in [0.05, 0.1) is 5.41 Å². The van der Waals surface area contributed by atoms with Crippen LogP contribution in [0.1, 0.15) is 38.2 Å². The first-order valence-electron chi connectivity index (χ1n) is 7.34. The van der Waals surface area contributed by atoms with Crippen LogP contribution < -0.4 is 0 Å². The summed E-state index contributed by atoms with van der Waals surface area (Å²) in [7, 11) is 0. The maximum absolute atomic E-state index is 5.74. The molecular formula is C16H20O4. The quantitative estimate of drug-likeness (QED) is 0.850. The molecule has 4 heteroatoms. The molecular weight excluding hydrogens is 256 g/mol. The highest BCUT2D eigenvalue weighted by molar-refractivity contribution is 5.25. The van der Waals surface area contributed by atoms with Crippen molar-refractivity contribution in [3.63, 3.8) is 0 Å². The lowest BCUT2D eigenvalue weighted by Gasteiger charge is -2.60. The zero-order valence-electron chi connectivity index (χ0n) is 11.8. The van der Waals surface area contributed by atoms with Crippen LogP contribution in [0.3, 0.4) is 0 Å². The summed E-state index contributed by atoms with van der Waals surface area (Å²) < 4.78 is 23.0. The normalized spacial score (nSPS) is 47.0. The summed E-state index contributed by atoms with van der Waals surface area (Å²) in [5, 5.41) is 0. The molecule has 3 fully saturated rings. The van der Waals surface area contributed by atoms with Gasteiger partial charge >= 0.3 is 0 Å². The van der Waals surface area contributed by atoms with Crippen molar-refractivity contribution in [1.82, 2.24) is 0 Å². The van der Waals surface area contributed by atoms with Crippen LogP contribution in [0.5, 0.6) is 0 Å². The minimum Gasteiger partial charge on any atom is -0.323 e. The number of benzene rings is 1. The van der Waals surface area contributed by atoms with Gasteiger partial charge < -0.3 is 18.9 Å². The van der Waals surface area contributed by atoms with Gasteiger partial charge in [-0.25, -0.2) is 0 Å². The second-order valence-corrected chi connectivity index (χ2v) is 6.09. The first kappa shape index (κ1) is 12.8. The second-order valence-electron chi connectivity index (χ2n) is 6.09. The Bertz CT molecular complexity index is 451. The predicted molar refractivity (Wildman–Crippen MR) is 71.7 cm³/mol. The Kier molecular flexibility index (Phi) is 2.89. The van der Waals surface area contributed by atoms with Gasteiger partial charge in [-0.05, 0) is 38.2 Å². The van der Waals surface area contributed by atoms with Crippen molar-refractivity contribution >= 4 is 0 Å². The van der Waals surface area contributed by atoms with Crippen LogP contribution >= 0.6 is 0 Å². The lowest BCUT2D eigenvalue weighted by molar-refractivity contribution is -0.493. The van der Waals surface area contributed by atoms with E-state index in [0.717, 1.165) is 12.8 Å². The molecule has 0 unspecified atom stereocenters. The number of hydrogen-bond donors (Lipinski definition) is 0. The SMILES string of the molecule is CC1OC(C2(C3OC(C)O3)CC(c3ccccc3)C2)O1. The van der Waals surface area contributed by atoms with Crippen molar-refractivity contribution in [3.05, 3.63) is 35.9 Å². The minimum atomic E-state index is -0.185. The molecule has 20 heavy (non-hydrogen) atoms. The maximum Gasteiger partial charge on any atom is 0.174 e. The van der Waals surface area contributed by atoms with Gasteiger partial charge in [0.1, 0.15) is 0 Å². The first-order chi connectivity index (χ1) is 9.67. The van der Waals surface area contributed by atoms with Crippen molar-refractivity contribution < 1.29 is 18.9 Å². The minimum absolute atomic E-state index is 0.106. The molecule has 1 saturated carbocycles. The molecule has 2 heterocycles. The van der Waals surface area contributed by atoms with Gasteiger partial charge in [-0.1, -0.05) is 30.3 Å². The van der Waals surface area contributed by atoms with E-state index in [1.165, 1.54) is 5.56 Å². The molecule has 1 aromatic carbocycles. The van der Waals surface area contributed by atoms with Gasteiger partial charge in [-0.15, -0.1) is 0 Å². The van der Waals surface area contributed by atoms with Gasteiger partial charge in [0.15, 0.2) is 25.2 Å². The third-order valence-corrected chi connectivity index (χ3v) is 4.72. The van der Waals surface area contributed by atoms with E-state index in [0.29, 0.717) is 5.92 Å². The molecule has 4 rings (SSSR count). The Labute approximate surface area is 119 Å². The summed E-state index contributed by atoms with van der Waals surface area (Å²) in [4.78, 5) is 0. The van der Waals surface area contributed by atoms with E-state index >= 15 is 0 Å². The highest BCUT2D eigenvalue weighted by Gasteiger charge is 2.63. The molecule has 108 valence electrons. The van der Waals surface area contributed by atoms with Crippen molar-refractivity contribution in [2.75, 3.05) is 0 Å². The monoisotopic (exact) mass is 276 g/mol. The molecule has 4 nitrogen and oxygen atoms in total. The Hall–Kier alpha value is -0.940. The van der Waals surface area contributed by atoms with Crippen molar-refractivity contribution in [3.8, 4) is 0 Å². The van der Waals surface area contributed by atoms with Crippen LogP contribution in [0.4, 0.5) is 0 Å². The zero-order valence-corrected chi connectivity index (χ0v) is 11.8. The van der Waals surface area contributed by atoms with Crippen LogP contribution in [0.2, 0.25) is 0 Å². The van der Waals surface area contributed by atoms with E-state index in [-0.39, 0.29) is 30.6 Å². The van der Waals surface area contributed by atoms with Gasteiger partial charge in [-0.3, -0.25) is 0 Å². The fourth-order valence-electron chi connectivity index (χ4n) is 3.57. The molecule has 3 aliphatic rings. The molecule has 0 aromatic heterocycles. The van der Waals surface area contributed by atoms with Gasteiger partial charge in [-0.2, -0.15) is 0 Å². The smallest absolute Gasteiger partial charge is 0.174 e. The molecule has 0 radical (unpaired) electrons. The fourth-order valence-corrected chi connectivity index (χ4v) is 3.57. The topological polar surface area (TPSA) is 36.9 Å². The highest BCUT2D eigenvalue weighted by Crippen LogP contribution is 2.60. The third kappa shape index (κ3) is 1.83. The average Bonchev–Trinajstić information content (AvgIpc) is 2.34. The summed E-state index contributed by atoms with van der Waals surface area (Å²) in [6.45, 7) is 3.84. The first-order valence-corrected chi connectivity index (χ1v) is 7.34. The Morgan fingerprint density at radius 1 is 0.850 bits per heavy atom. The Morgan fingerprint density at radius 2 is 1.35 bits per heavy atom. The molecule has 0 amide bonds. The molecule has 0 N–H and O–H groups in total. The predicted octanol–water partition coefficient (Wildman–Crippen LogP) is 2.99.